The Bertz CT molecular complexity index is 1420. The molecule has 0 saturated carbocycles. The molecule has 1 saturated heterocycles. The highest BCUT2D eigenvalue weighted by atomic mass is 16.6. The summed E-state index contributed by atoms with van der Waals surface area (Å²) in [4.78, 5) is 43.5. The van der Waals surface area contributed by atoms with Gasteiger partial charge in [0.25, 0.3) is 0 Å². The van der Waals surface area contributed by atoms with Crippen molar-refractivity contribution in [3.63, 3.8) is 0 Å². The molecule has 1 heterocycles. The normalized spacial score (nSPS) is 13.6. The monoisotopic (exact) mass is 657 g/mol. The maximum Gasteiger partial charge on any atom is 0.411 e. The number of carbonyl (C=O) groups is 3. The highest BCUT2D eigenvalue weighted by Crippen LogP contribution is 2.28. The van der Waals surface area contributed by atoms with E-state index in [-0.39, 0.29) is 23.7 Å². The number of aromatic hydroxyl groups is 1. The summed E-state index contributed by atoms with van der Waals surface area (Å²) in [6.45, 7) is 5.16. The summed E-state index contributed by atoms with van der Waals surface area (Å²) in [5.41, 5.74) is 3.79. The largest absolute Gasteiger partial charge is 0.508 e. The molecule has 3 amide bonds. The topological polar surface area (TPSA) is 114 Å². The van der Waals surface area contributed by atoms with Crippen LogP contribution in [0.1, 0.15) is 50.5 Å². The van der Waals surface area contributed by atoms with Crippen molar-refractivity contribution in [2.45, 2.75) is 57.6 Å². The number of unbranched alkanes of at least 4 members (excludes halogenated alkanes) is 2. The van der Waals surface area contributed by atoms with Gasteiger partial charge in [-0.15, -0.1) is 0 Å². The van der Waals surface area contributed by atoms with Crippen molar-refractivity contribution < 1.29 is 24.2 Å². The van der Waals surface area contributed by atoms with E-state index in [4.69, 9.17) is 4.74 Å². The summed E-state index contributed by atoms with van der Waals surface area (Å²) in [5, 5.41) is 15.6. The lowest BCUT2D eigenvalue weighted by Crippen LogP contribution is -2.40. The Morgan fingerprint density at radius 1 is 0.854 bits per heavy atom. The molecule has 4 rings (SSSR count). The molecule has 48 heavy (non-hydrogen) atoms. The quantitative estimate of drug-likeness (QED) is 0.159. The lowest BCUT2D eigenvalue weighted by Gasteiger charge is -2.31. The van der Waals surface area contributed by atoms with E-state index < -0.39 is 6.09 Å². The van der Waals surface area contributed by atoms with Gasteiger partial charge in [-0.05, 0) is 61.6 Å². The van der Waals surface area contributed by atoms with Crippen LogP contribution in [0.3, 0.4) is 0 Å². The lowest BCUT2D eigenvalue weighted by atomic mass is 10.0. The van der Waals surface area contributed by atoms with E-state index in [0.717, 1.165) is 80.7 Å². The van der Waals surface area contributed by atoms with Crippen molar-refractivity contribution >= 4 is 23.6 Å². The van der Waals surface area contributed by atoms with Gasteiger partial charge in [0.15, 0.2) is 0 Å². The van der Waals surface area contributed by atoms with Gasteiger partial charge in [-0.3, -0.25) is 19.8 Å². The van der Waals surface area contributed by atoms with E-state index in [0.29, 0.717) is 32.5 Å². The summed E-state index contributed by atoms with van der Waals surface area (Å²) in [6, 6.07) is 24.8. The third-order valence-electron chi connectivity index (χ3n) is 8.67. The van der Waals surface area contributed by atoms with Gasteiger partial charge in [0.05, 0.1) is 5.69 Å². The summed E-state index contributed by atoms with van der Waals surface area (Å²) >= 11 is 0. The average Bonchev–Trinajstić information content (AvgIpc) is 3.09. The number of para-hydroxylation sites is 1. The van der Waals surface area contributed by atoms with Crippen molar-refractivity contribution in [2.75, 3.05) is 58.7 Å². The number of amides is 3. The first-order valence-corrected chi connectivity index (χ1v) is 17.1. The third kappa shape index (κ3) is 12.7. The molecule has 1 fully saturated rings. The van der Waals surface area contributed by atoms with Crippen LogP contribution < -0.4 is 10.6 Å². The fourth-order valence-corrected chi connectivity index (χ4v) is 5.82. The van der Waals surface area contributed by atoms with Crippen LogP contribution in [-0.2, 0) is 20.9 Å². The van der Waals surface area contributed by atoms with Crippen molar-refractivity contribution in [3.8, 4) is 16.9 Å². The SMILES string of the molecule is CN(C)C(=O)CCN(CCCCCNC(=O)CCN1CCC(OC(=O)Nc2ccccc2-c2ccccc2)CC1)Cc1ccc(O)cc1. The number of phenols is 1. The highest BCUT2D eigenvalue weighted by Gasteiger charge is 2.23. The minimum absolute atomic E-state index is 0.0565. The van der Waals surface area contributed by atoms with Gasteiger partial charge in [0.1, 0.15) is 11.9 Å². The minimum Gasteiger partial charge on any atom is -0.508 e. The molecule has 0 unspecified atom stereocenters. The van der Waals surface area contributed by atoms with E-state index in [1.165, 1.54) is 0 Å². The van der Waals surface area contributed by atoms with Gasteiger partial charge >= 0.3 is 6.09 Å². The van der Waals surface area contributed by atoms with Gasteiger partial charge in [-0.2, -0.15) is 0 Å². The van der Waals surface area contributed by atoms with Gasteiger partial charge in [0.2, 0.25) is 11.8 Å². The molecule has 3 aromatic rings. The first kappa shape index (κ1) is 36.4. The van der Waals surface area contributed by atoms with Crippen LogP contribution in [-0.4, -0.2) is 97.2 Å². The van der Waals surface area contributed by atoms with Crippen LogP contribution in [0.4, 0.5) is 10.5 Å². The molecule has 0 radical (unpaired) electrons. The standard InChI is InChI=1S/C38H51N5O5/c1-41(2)37(46)22-28-43(29-30-15-17-32(44)18-16-30)24-10-4-9-23-39-36(45)21-27-42-25-19-33(20-26-42)48-38(47)40-35-14-8-7-13-34(35)31-11-5-3-6-12-31/h3,5-8,11-18,33,44H,4,9-10,19-29H2,1-2H3,(H,39,45)(H,40,47). The number of ether oxygens (including phenoxy) is 1. The van der Waals surface area contributed by atoms with Gasteiger partial charge < -0.3 is 25.0 Å². The molecule has 0 bridgehead atoms. The summed E-state index contributed by atoms with van der Waals surface area (Å²) < 4.78 is 5.74. The first-order chi connectivity index (χ1) is 23.3. The Morgan fingerprint density at radius 3 is 2.29 bits per heavy atom. The number of likely N-dealkylation sites (tertiary alicyclic amines) is 1. The zero-order chi connectivity index (χ0) is 34.1. The number of nitrogens with zero attached hydrogens (tertiary/aromatic N) is 3. The van der Waals surface area contributed by atoms with Gasteiger partial charge in [-0.1, -0.05) is 67.1 Å². The predicted molar refractivity (Wildman–Crippen MR) is 190 cm³/mol. The number of benzene rings is 3. The molecule has 258 valence electrons. The molecule has 10 nitrogen and oxygen atoms in total. The Kier molecular flexibility index (Phi) is 14.7. The first-order valence-electron chi connectivity index (χ1n) is 17.1. The second kappa shape index (κ2) is 19.4. The maximum absolute atomic E-state index is 12.7. The molecule has 0 spiro atoms. The number of rotatable bonds is 17. The van der Waals surface area contributed by atoms with E-state index in [9.17, 15) is 19.5 Å². The second-order valence-corrected chi connectivity index (χ2v) is 12.6. The average molecular weight is 658 g/mol. The van der Waals surface area contributed by atoms with E-state index in [1.54, 1.807) is 31.1 Å². The molecule has 10 heteroatoms. The Hall–Kier alpha value is -4.41. The molecule has 0 aromatic heterocycles. The maximum atomic E-state index is 12.7. The van der Waals surface area contributed by atoms with Crippen molar-refractivity contribution in [1.29, 1.82) is 0 Å². The van der Waals surface area contributed by atoms with E-state index in [2.05, 4.69) is 20.4 Å². The molecule has 3 N–H and O–H groups in total. The van der Waals surface area contributed by atoms with Crippen LogP contribution in [0, 0.1) is 0 Å². The smallest absolute Gasteiger partial charge is 0.411 e. The predicted octanol–water partition coefficient (Wildman–Crippen LogP) is 5.73. The van der Waals surface area contributed by atoms with E-state index in [1.807, 2.05) is 66.7 Å². The number of phenolic OH excluding ortho intramolecular Hbond substituents is 1. The van der Waals surface area contributed by atoms with Crippen LogP contribution in [0.2, 0.25) is 0 Å². The van der Waals surface area contributed by atoms with Crippen LogP contribution >= 0.6 is 0 Å². The number of carbonyl (C=O) groups excluding carboxylic acids is 3. The zero-order valence-electron chi connectivity index (χ0n) is 28.4. The Labute approximate surface area is 285 Å². The molecule has 1 aliphatic heterocycles. The van der Waals surface area contributed by atoms with E-state index >= 15 is 0 Å². The number of piperidine rings is 1. The minimum atomic E-state index is -0.444. The molecular formula is C38H51N5O5. The molecule has 3 aromatic carbocycles. The molecule has 0 atom stereocenters. The fraction of sp³-hybridized carbons (Fsp3) is 0.447. The summed E-state index contributed by atoms with van der Waals surface area (Å²) in [6.07, 6.45) is 4.64. The third-order valence-corrected chi connectivity index (χ3v) is 8.67. The van der Waals surface area contributed by atoms with Crippen LogP contribution in [0.15, 0.2) is 78.9 Å². The highest BCUT2D eigenvalue weighted by molar-refractivity contribution is 5.91. The van der Waals surface area contributed by atoms with Crippen molar-refractivity contribution in [1.82, 2.24) is 20.0 Å². The Balaban J connectivity index is 1.07. The fourth-order valence-electron chi connectivity index (χ4n) is 5.82. The van der Waals surface area contributed by atoms with Crippen LogP contribution in [0.5, 0.6) is 5.75 Å². The van der Waals surface area contributed by atoms with Crippen LogP contribution in [0.25, 0.3) is 11.1 Å². The summed E-state index contributed by atoms with van der Waals surface area (Å²) in [7, 11) is 3.55. The molecule has 0 aliphatic carbocycles. The molecule has 1 aliphatic rings. The Morgan fingerprint density at radius 2 is 1.56 bits per heavy atom. The van der Waals surface area contributed by atoms with Crippen molar-refractivity contribution in [2.24, 2.45) is 0 Å². The zero-order valence-corrected chi connectivity index (χ0v) is 28.4. The molecular weight excluding hydrogens is 606 g/mol. The number of anilines is 1. The number of hydrogen-bond donors (Lipinski definition) is 3. The lowest BCUT2D eigenvalue weighted by molar-refractivity contribution is -0.129. The summed E-state index contributed by atoms with van der Waals surface area (Å²) in [5.74, 6) is 0.407. The number of nitrogens with one attached hydrogen (secondary N) is 2. The van der Waals surface area contributed by atoms with Gasteiger partial charge in [0, 0.05) is 71.8 Å². The van der Waals surface area contributed by atoms with Gasteiger partial charge in [-0.25, -0.2) is 4.79 Å². The van der Waals surface area contributed by atoms with Crippen molar-refractivity contribution in [3.05, 3.63) is 84.4 Å². The second-order valence-electron chi connectivity index (χ2n) is 12.6. The number of hydrogen-bond acceptors (Lipinski definition) is 7.